The highest BCUT2D eigenvalue weighted by Crippen LogP contribution is 2.06. The Morgan fingerprint density at radius 3 is 2.37 bits per heavy atom. The van der Waals surface area contributed by atoms with E-state index in [2.05, 4.69) is 4.98 Å². The molecule has 1 saturated heterocycles. The molecule has 19 heavy (non-hydrogen) atoms. The summed E-state index contributed by atoms with van der Waals surface area (Å²) in [5.41, 5.74) is 0.952. The summed E-state index contributed by atoms with van der Waals surface area (Å²) in [6.07, 6.45) is 3.72. The predicted molar refractivity (Wildman–Crippen MR) is 68.6 cm³/mol. The zero-order valence-electron chi connectivity index (χ0n) is 10.7. The minimum atomic E-state index is -0.823. The number of piperazine rings is 1. The zero-order chi connectivity index (χ0) is 13.7. The van der Waals surface area contributed by atoms with Gasteiger partial charge in [-0.3, -0.25) is 19.5 Å². The van der Waals surface area contributed by atoms with E-state index in [0.29, 0.717) is 32.6 Å². The van der Waals surface area contributed by atoms with Gasteiger partial charge in [-0.2, -0.15) is 0 Å². The number of hydrogen-bond donors (Lipinski definition) is 1. The van der Waals surface area contributed by atoms with E-state index in [-0.39, 0.29) is 12.5 Å². The van der Waals surface area contributed by atoms with Gasteiger partial charge in [0, 0.05) is 38.6 Å². The number of nitrogens with zero attached hydrogens (tertiary/aromatic N) is 3. The van der Waals surface area contributed by atoms with Crippen molar-refractivity contribution in [3.63, 3.8) is 0 Å². The van der Waals surface area contributed by atoms with Crippen LogP contribution in [-0.4, -0.2) is 64.5 Å². The molecule has 0 bridgehead atoms. The Bertz CT molecular complexity index is 442. The molecule has 1 aliphatic rings. The van der Waals surface area contributed by atoms with Crippen molar-refractivity contribution in [2.75, 3.05) is 32.7 Å². The van der Waals surface area contributed by atoms with Gasteiger partial charge in [-0.15, -0.1) is 0 Å². The number of hydrogen-bond acceptors (Lipinski definition) is 4. The first-order chi connectivity index (χ1) is 9.15. The van der Waals surface area contributed by atoms with E-state index in [1.54, 1.807) is 17.3 Å². The highest BCUT2D eigenvalue weighted by atomic mass is 16.4. The van der Waals surface area contributed by atoms with Crippen LogP contribution in [0.2, 0.25) is 0 Å². The third kappa shape index (κ3) is 4.03. The topological polar surface area (TPSA) is 73.7 Å². The standard InChI is InChI=1S/C13H17N3O3/c17-12(9-11-1-3-14-4-2-11)16-7-5-15(6-8-16)10-13(18)19/h1-4H,5-10H2,(H,18,19). The van der Waals surface area contributed by atoms with Crippen molar-refractivity contribution in [2.45, 2.75) is 6.42 Å². The number of carbonyl (C=O) groups is 2. The van der Waals surface area contributed by atoms with E-state index < -0.39 is 5.97 Å². The van der Waals surface area contributed by atoms with Gasteiger partial charge in [0.25, 0.3) is 0 Å². The van der Waals surface area contributed by atoms with E-state index in [1.807, 2.05) is 17.0 Å². The third-order valence-corrected chi connectivity index (χ3v) is 3.19. The number of pyridine rings is 1. The molecule has 1 aliphatic heterocycles. The summed E-state index contributed by atoms with van der Waals surface area (Å²) in [6, 6.07) is 3.66. The summed E-state index contributed by atoms with van der Waals surface area (Å²) in [5.74, 6) is -0.738. The fourth-order valence-corrected chi connectivity index (χ4v) is 2.13. The molecule has 6 nitrogen and oxygen atoms in total. The van der Waals surface area contributed by atoms with Gasteiger partial charge in [-0.25, -0.2) is 0 Å². The summed E-state index contributed by atoms with van der Waals surface area (Å²) in [4.78, 5) is 30.2. The zero-order valence-corrected chi connectivity index (χ0v) is 10.7. The quantitative estimate of drug-likeness (QED) is 0.818. The molecule has 0 atom stereocenters. The number of aromatic nitrogens is 1. The number of rotatable bonds is 4. The largest absolute Gasteiger partial charge is 0.480 e. The van der Waals surface area contributed by atoms with Crippen LogP contribution in [0.3, 0.4) is 0 Å². The summed E-state index contributed by atoms with van der Waals surface area (Å²) in [6.45, 7) is 2.48. The van der Waals surface area contributed by atoms with Gasteiger partial charge in [0.2, 0.25) is 5.91 Å². The first-order valence-electron chi connectivity index (χ1n) is 6.26. The second kappa shape index (κ2) is 6.29. The van der Waals surface area contributed by atoms with Crippen molar-refractivity contribution in [2.24, 2.45) is 0 Å². The lowest BCUT2D eigenvalue weighted by Crippen LogP contribution is -2.50. The normalized spacial score (nSPS) is 16.3. The van der Waals surface area contributed by atoms with E-state index >= 15 is 0 Å². The lowest BCUT2D eigenvalue weighted by atomic mass is 10.1. The monoisotopic (exact) mass is 263 g/mol. The second-order valence-corrected chi connectivity index (χ2v) is 4.58. The van der Waals surface area contributed by atoms with Gasteiger partial charge in [0.1, 0.15) is 0 Å². The SMILES string of the molecule is O=C(O)CN1CCN(C(=O)Cc2ccncc2)CC1. The molecule has 0 aromatic carbocycles. The maximum atomic E-state index is 12.1. The lowest BCUT2D eigenvalue weighted by Gasteiger charge is -2.33. The van der Waals surface area contributed by atoms with E-state index in [4.69, 9.17) is 5.11 Å². The Morgan fingerprint density at radius 1 is 1.16 bits per heavy atom. The Kier molecular flexibility index (Phi) is 4.46. The Labute approximate surface area is 111 Å². The highest BCUT2D eigenvalue weighted by molar-refractivity contribution is 5.78. The molecule has 2 rings (SSSR count). The van der Waals surface area contributed by atoms with Gasteiger partial charge in [-0.05, 0) is 17.7 Å². The summed E-state index contributed by atoms with van der Waals surface area (Å²) in [5, 5.41) is 8.71. The fraction of sp³-hybridized carbons (Fsp3) is 0.462. The van der Waals surface area contributed by atoms with E-state index in [9.17, 15) is 9.59 Å². The third-order valence-electron chi connectivity index (χ3n) is 3.19. The maximum absolute atomic E-state index is 12.1. The van der Waals surface area contributed by atoms with Crippen LogP contribution in [0.15, 0.2) is 24.5 Å². The minimum Gasteiger partial charge on any atom is -0.480 e. The van der Waals surface area contributed by atoms with Gasteiger partial charge in [-0.1, -0.05) is 0 Å². The van der Waals surface area contributed by atoms with Crippen LogP contribution in [0.4, 0.5) is 0 Å². The predicted octanol–water partition coefficient (Wildman–Crippen LogP) is -0.147. The van der Waals surface area contributed by atoms with Crippen LogP contribution in [0.5, 0.6) is 0 Å². The van der Waals surface area contributed by atoms with Crippen molar-refractivity contribution in [1.82, 2.24) is 14.8 Å². The number of amides is 1. The maximum Gasteiger partial charge on any atom is 0.317 e. The number of carboxylic acid groups (broad SMARTS) is 1. The van der Waals surface area contributed by atoms with Crippen molar-refractivity contribution >= 4 is 11.9 Å². The Morgan fingerprint density at radius 2 is 1.79 bits per heavy atom. The van der Waals surface area contributed by atoms with Crippen molar-refractivity contribution in [3.05, 3.63) is 30.1 Å². The van der Waals surface area contributed by atoms with Gasteiger partial charge in [0.05, 0.1) is 13.0 Å². The molecule has 1 aromatic heterocycles. The minimum absolute atomic E-state index is 0.0480. The van der Waals surface area contributed by atoms with Crippen molar-refractivity contribution in [1.29, 1.82) is 0 Å². The van der Waals surface area contributed by atoms with Crippen LogP contribution >= 0.6 is 0 Å². The van der Waals surface area contributed by atoms with Gasteiger partial charge < -0.3 is 10.0 Å². The second-order valence-electron chi connectivity index (χ2n) is 4.58. The van der Waals surface area contributed by atoms with Crippen LogP contribution < -0.4 is 0 Å². The molecule has 1 N–H and O–H groups in total. The highest BCUT2D eigenvalue weighted by Gasteiger charge is 2.22. The average Bonchev–Trinajstić information content (AvgIpc) is 2.40. The molecule has 0 aliphatic carbocycles. The van der Waals surface area contributed by atoms with Crippen LogP contribution in [0, 0.1) is 0 Å². The van der Waals surface area contributed by atoms with Gasteiger partial charge in [0.15, 0.2) is 0 Å². The molecule has 2 heterocycles. The number of carboxylic acids is 1. The summed E-state index contributed by atoms with van der Waals surface area (Å²) >= 11 is 0. The molecule has 1 fully saturated rings. The molecule has 1 amide bonds. The Hall–Kier alpha value is -1.95. The molecule has 6 heteroatoms. The van der Waals surface area contributed by atoms with Gasteiger partial charge >= 0.3 is 5.97 Å². The molecular formula is C13H17N3O3. The number of carbonyl (C=O) groups excluding carboxylic acids is 1. The lowest BCUT2D eigenvalue weighted by molar-refractivity contribution is -0.139. The van der Waals surface area contributed by atoms with Crippen molar-refractivity contribution in [3.8, 4) is 0 Å². The average molecular weight is 263 g/mol. The molecule has 1 aromatic rings. The smallest absolute Gasteiger partial charge is 0.317 e. The van der Waals surface area contributed by atoms with Crippen LogP contribution in [0.1, 0.15) is 5.56 Å². The molecule has 0 radical (unpaired) electrons. The van der Waals surface area contributed by atoms with E-state index in [1.165, 1.54) is 0 Å². The molecular weight excluding hydrogens is 246 g/mol. The molecule has 102 valence electrons. The first kappa shape index (κ1) is 13.5. The van der Waals surface area contributed by atoms with Crippen LogP contribution in [0.25, 0.3) is 0 Å². The summed E-state index contributed by atoms with van der Waals surface area (Å²) < 4.78 is 0. The van der Waals surface area contributed by atoms with E-state index in [0.717, 1.165) is 5.56 Å². The molecule has 0 spiro atoms. The molecule has 0 unspecified atom stereocenters. The fourth-order valence-electron chi connectivity index (χ4n) is 2.13. The number of aliphatic carboxylic acids is 1. The van der Waals surface area contributed by atoms with Crippen molar-refractivity contribution < 1.29 is 14.7 Å². The molecule has 0 saturated carbocycles. The van der Waals surface area contributed by atoms with Crippen LogP contribution in [-0.2, 0) is 16.0 Å². The first-order valence-corrected chi connectivity index (χ1v) is 6.26. The summed E-state index contributed by atoms with van der Waals surface area (Å²) in [7, 11) is 0. The Balaban J connectivity index is 1.81.